The van der Waals surface area contributed by atoms with Gasteiger partial charge in [0.05, 0.1) is 25.4 Å². The number of methoxy groups -OCH3 is 2. The highest BCUT2D eigenvalue weighted by Gasteiger charge is 2.48. The molecule has 0 saturated carbocycles. The molecule has 3 N–H and O–H groups in total. The second-order valence-corrected chi connectivity index (χ2v) is 6.10. The summed E-state index contributed by atoms with van der Waals surface area (Å²) in [6.07, 6.45) is 0.239. The number of amides is 1. The minimum atomic E-state index is -0.790. The monoisotopic (exact) mass is 332 g/mol. The first-order chi connectivity index (χ1) is 11.1. The largest absolute Gasteiger partial charge is 0.394 e. The van der Waals surface area contributed by atoms with Gasteiger partial charge in [-0.2, -0.15) is 0 Å². The van der Waals surface area contributed by atoms with Crippen molar-refractivity contribution in [1.82, 2.24) is 10.2 Å². The van der Waals surface area contributed by atoms with Crippen LogP contribution >= 0.6 is 0 Å². The maximum atomic E-state index is 11.6. The lowest BCUT2D eigenvalue weighted by atomic mass is 10.0. The fraction of sp³-hybridized carbons (Fsp3) is 0.933. The predicted octanol–water partition coefficient (Wildman–Crippen LogP) is -1.65. The van der Waals surface area contributed by atoms with Crippen molar-refractivity contribution in [2.45, 2.75) is 43.2 Å². The zero-order valence-electron chi connectivity index (χ0n) is 13.8. The van der Waals surface area contributed by atoms with Crippen LogP contribution in [0.1, 0.15) is 12.8 Å². The minimum absolute atomic E-state index is 0.0145. The fourth-order valence-electron chi connectivity index (χ4n) is 3.57. The van der Waals surface area contributed by atoms with E-state index in [9.17, 15) is 15.0 Å². The highest BCUT2D eigenvalue weighted by molar-refractivity contribution is 5.77. The molecule has 5 atom stereocenters. The van der Waals surface area contributed by atoms with Crippen LogP contribution in [0, 0.1) is 0 Å². The molecule has 8 heteroatoms. The SMILES string of the molecule is COCC(=O)NCC1OC(CO)C(O)C1N1CCCC1COC. The summed E-state index contributed by atoms with van der Waals surface area (Å²) < 4.78 is 15.8. The molecule has 1 amide bonds. The summed E-state index contributed by atoms with van der Waals surface area (Å²) in [5.41, 5.74) is 0. The third-order valence-electron chi connectivity index (χ3n) is 4.58. The quantitative estimate of drug-likeness (QED) is 0.490. The van der Waals surface area contributed by atoms with Crippen molar-refractivity contribution in [3.8, 4) is 0 Å². The molecule has 0 radical (unpaired) electrons. The van der Waals surface area contributed by atoms with Crippen molar-refractivity contribution < 1.29 is 29.2 Å². The Bertz CT molecular complexity index is 383. The lowest BCUT2D eigenvalue weighted by Gasteiger charge is -2.34. The van der Waals surface area contributed by atoms with E-state index in [1.54, 1.807) is 7.11 Å². The Balaban J connectivity index is 2.03. The molecule has 134 valence electrons. The van der Waals surface area contributed by atoms with Gasteiger partial charge in [-0.3, -0.25) is 9.69 Å². The zero-order valence-corrected chi connectivity index (χ0v) is 13.8. The average Bonchev–Trinajstić information content (AvgIpc) is 3.10. The second kappa shape index (κ2) is 8.91. The van der Waals surface area contributed by atoms with E-state index in [1.165, 1.54) is 7.11 Å². The molecule has 5 unspecified atom stereocenters. The van der Waals surface area contributed by atoms with Gasteiger partial charge in [0.25, 0.3) is 0 Å². The van der Waals surface area contributed by atoms with Gasteiger partial charge in [-0.15, -0.1) is 0 Å². The third-order valence-corrected chi connectivity index (χ3v) is 4.58. The molecule has 2 rings (SSSR count). The predicted molar refractivity (Wildman–Crippen MR) is 82.0 cm³/mol. The van der Waals surface area contributed by atoms with Crippen molar-refractivity contribution in [1.29, 1.82) is 0 Å². The number of likely N-dealkylation sites (tertiary alicyclic amines) is 1. The summed E-state index contributed by atoms with van der Waals surface area (Å²) >= 11 is 0. The van der Waals surface area contributed by atoms with E-state index in [1.807, 2.05) is 0 Å². The standard InChI is InChI=1S/C15H28N2O6/c1-21-8-10-4-3-5-17(10)14-11(6-16-13(19)9-22-2)23-12(7-18)15(14)20/h10-12,14-15,18,20H,3-9H2,1-2H3,(H,16,19). The summed E-state index contributed by atoms with van der Waals surface area (Å²) in [6.45, 7) is 1.45. The van der Waals surface area contributed by atoms with Crippen LogP contribution in [0.4, 0.5) is 0 Å². The van der Waals surface area contributed by atoms with Crippen LogP contribution < -0.4 is 5.32 Å². The van der Waals surface area contributed by atoms with Gasteiger partial charge in [-0.1, -0.05) is 0 Å². The smallest absolute Gasteiger partial charge is 0.246 e. The highest BCUT2D eigenvalue weighted by atomic mass is 16.5. The van der Waals surface area contributed by atoms with Crippen molar-refractivity contribution in [2.24, 2.45) is 0 Å². The maximum absolute atomic E-state index is 11.6. The van der Waals surface area contributed by atoms with Crippen LogP contribution in [0.5, 0.6) is 0 Å². The average molecular weight is 332 g/mol. The van der Waals surface area contributed by atoms with Gasteiger partial charge in [0.2, 0.25) is 5.91 Å². The van der Waals surface area contributed by atoms with Crippen molar-refractivity contribution >= 4 is 5.91 Å². The summed E-state index contributed by atoms with van der Waals surface area (Å²) in [7, 11) is 3.12. The number of ether oxygens (including phenoxy) is 3. The highest BCUT2D eigenvalue weighted by Crippen LogP contribution is 2.31. The first-order valence-corrected chi connectivity index (χ1v) is 8.07. The number of nitrogens with zero attached hydrogens (tertiary/aromatic N) is 1. The number of rotatable bonds is 8. The van der Waals surface area contributed by atoms with Crippen LogP contribution in [-0.2, 0) is 19.0 Å². The molecule has 0 bridgehead atoms. The molecular formula is C15H28N2O6. The van der Waals surface area contributed by atoms with E-state index in [0.29, 0.717) is 6.61 Å². The van der Waals surface area contributed by atoms with Crippen molar-refractivity contribution in [3.05, 3.63) is 0 Å². The minimum Gasteiger partial charge on any atom is -0.394 e. The summed E-state index contributed by atoms with van der Waals surface area (Å²) in [5, 5.41) is 22.7. The van der Waals surface area contributed by atoms with E-state index in [0.717, 1.165) is 19.4 Å². The molecule has 2 fully saturated rings. The lowest BCUT2D eigenvalue weighted by molar-refractivity contribution is -0.125. The Hall–Kier alpha value is -0.770. The Labute approximate surface area is 136 Å². The summed E-state index contributed by atoms with van der Waals surface area (Å²) in [5.74, 6) is -0.230. The van der Waals surface area contributed by atoms with Gasteiger partial charge in [0, 0.05) is 26.8 Å². The first kappa shape index (κ1) is 18.6. The number of aliphatic hydroxyl groups excluding tert-OH is 2. The number of hydrogen-bond donors (Lipinski definition) is 3. The molecule has 2 aliphatic heterocycles. The lowest BCUT2D eigenvalue weighted by Crippen LogP contribution is -2.53. The molecule has 2 heterocycles. The summed E-state index contributed by atoms with van der Waals surface area (Å²) in [6, 6.07) is -0.0458. The van der Waals surface area contributed by atoms with E-state index in [4.69, 9.17) is 14.2 Å². The molecule has 23 heavy (non-hydrogen) atoms. The Morgan fingerprint density at radius 1 is 1.35 bits per heavy atom. The molecule has 2 saturated heterocycles. The normalized spacial score (nSPS) is 34.9. The molecule has 0 spiro atoms. The van der Waals surface area contributed by atoms with Crippen LogP contribution in [0.3, 0.4) is 0 Å². The van der Waals surface area contributed by atoms with Crippen LogP contribution in [0.2, 0.25) is 0 Å². The van der Waals surface area contributed by atoms with Gasteiger partial charge in [-0.05, 0) is 19.4 Å². The van der Waals surface area contributed by atoms with E-state index >= 15 is 0 Å². The van der Waals surface area contributed by atoms with Crippen LogP contribution in [-0.4, -0.2) is 98.5 Å². The molecule has 0 aromatic heterocycles. The van der Waals surface area contributed by atoms with E-state index in [2.05, 4.69) is 10.2 Å². The molecule has 0 aliphatic carbocycles. The number of carbonyl (C=O) groups is 1. The second-order valence-electron chi connectivity index (χ2n) is 6.10. The Morgan fingerprint density at radius 3 is 2.78 bits per heavy atom. The third kappa shape index (κ3) is 4.40. The molecule has 8 nitrogen and oxygen atoms in total. The summed E-state index contributed by atoms with van der Waals surface area (Å²) in [4.78, 5) is 13.8. The van der Waals surface area contributed by atoms with Crippen LogP contribution in [0.25, 0.3) is 0 Å². The number of nitrogens with one attached hydrogen (secondary N) is 1. The van der Waals surface area contributed by atoms with Crippen LogP contribution in [0.15, 0.2) is 0 Å². The van der Waals surface area contributed by atoms with Gasteiger partial charge in [-0.25, -0.2) is 0 Å². The van der Waals surface area contributed by atoms with Gasteiger partial charge < -0.3 is 29.7 Å². The maximum Gasteiger partial charge on any atom is 0.246 e. The first-order valence-electron chi connectivity index (χ1n) is 8.07. The van der Waals surface area contributed by atoms with Crippen molar-refractivity contribution in [2.75, 3.05) is 47.1 Å². The Morgan fingerprint density at radius 2 is 2.13 bits per heavy atom. The molecule has 0 aromatic rings. The topological polar surface area (TPSA) is 100 Å². The Kier molecular flexibility index (Phi) is 7.19. The molecular weight excluding hydrogens is 304 g/mol. The van der Waals surface area contributed by atoms with E-state index < -0.39 is 12.2 Å². The van der Waals surface area contributed by atoms with Gasteiger partial charge >= 0.3 is 0 Å². The zero-order chi connectivity index (χ0) is 16.8. The number of carbonyl (C=O) groups excluding carboxylic acids is 1. The van der Waals surface area contributed by atoms with Crippen molar-refractivity contribution in [3.63, 3.8) is 0 Å². The molecule has 2 aliphatic rings. The van der Waals surface area contributed by atoms with Gasteiger partial charge in [0.1, 0.15) is 18.8 Å². The van der Waals surface area contributed by atoms with E-state index in [-0.39, 0.29) is 43.9 Å². The van der Waals surface area contributed by atoms with Gasteiger partial charge in [0.15, 0.2) is 0 Å². The number of hydrogen-bond acceptors (Lipinski definition) is 7. The molecule has 0 aromatic carbocycles. The number of aliphatic hydroxyl groups is 2. The fourth-order valence-corrected chi connectivity index (χ4v) is 3.57.